The zero-order chi connectivity index (χ0) is 14.2. The molecule has 0 fully saturated rings. The third-order valence-electron chi connectivity index (χ3n) is 3.35. The molecule has 104 valence electrons. The Morgan fingerprint density at radius 3 is 2.74 bits per heavy atom. The zero-order valence-corrected chi connectivity index (χ0v) is 15.5. The lowest BCUT2D eigenvalue weighted by Gasteiger charge is -2.25. The van der Waals surface area contributed by atoms with Gasteiger partial charge in [-0.15, -0.1) is 0 Å². The molecule has 2 rings (SSSR count). The molecule has 0 radical (unpaired) electrons. The van der Waals surface area contributed by atoms with Gasteiger partial charge in [0.05, 0.1) is 30.5 Å². The fourth-order valence-electron chi connectivity index (χ4n) is 1.60. The van der Waals surface area contributed by atoms with Crippen LogP contribution in [0.15, 0.2) is 18.5 Å². The van der Waals surface area contributed by atoms with Crippen LogP contribution in [0.4, 0.5) is 0 Å². The van der Waals surface area contributed by atoms with E-state index in [0.717, 1.165) is 19.6 Å². The van der Waals surface area contributed by atoms with E-state index in [1.165, 1.54) is 0 Å². The quantitative estimate of drug-likeness (QED) is 0.549. The summed E-state index contributed by atoms with van der Waals surface area (Å²) in [5, 5.41) is 0.757. The van der Waals surface area contributed by atoms with E-state index in [1.54, 1.807) is 0 Å². The highest BCUT2D eigenvalue weighted by molar-refractivity contribution is 14.1. The van der Waals surface area contributed by atoms with Crippen LogP contribution in [0.3, 0.4) is 0 Å². The average Bonchev–Trinajstić information content (AvgIpc) is 2.68. The Balaban J connectivity index is 2.20. The minimum absolute atomic E-state index is 0.310. The molecule has 0 saturated carbocycles. The number of nitrogens with zero attached hydrogens (tertiary/aromatic N) is 2. The van der Waals surface area contributed by atoms with Crippen molar-refractivity contribution in [3.05, 3.63) is 27.1 Å². The Kier molecular flexibility index (Phi) is 4.59. The molecule has 0 bridgehead atoms. The molecule has 1 aromatic heterocycles. The van der Waals surface area contributed by atoms with Crippen molar-refractivity contribution in [1.82, 2.24) is 9.55 Å². The van der Waals surface area contributed by atoms with Gasteiger partial charge in [0.1, 0.15) is 6.73 Å². The number of aromatic nitrogens is 2. The lowest BCUT2D eigenvalue weighted by atomic mass is 10.3. The first-order chi connectivity index (χ1) is 8.79. The molecule has 0 amide bonds. The van der Waals surface area contributed by atoms with Gasteiger partial charge in [-0.25, -0.2) is 4.98 Å². The van der Waals surface area contributed by atoms with Gasteiger partial charge in [-0.3, -0.25) is 0 Å². The number of halogens is 2. The number of benzene rings is 1. The van der Waals surface area contributed by atoms with Crippen molar-refractivity contribution in [1.29, 1.82) is 0 Å². The second-order valence-corrected chi connectivity index (χ2v) is 12.9. The summed E-state index contributed by atoms with van der Waals surface area (Å²) in [6.45, 7) is 9.61. The first kappa shape index (κ1) is 15.3. The maximum atomic E-state index is 6.17. The molecule has 1 aromatic carbocycles. The van der Waals surface area contributed by atoms with Crippen LogP contribution in [0.25, 0.3) is 11.0 Å². The first-order valence-corrected chi connectivity index (χ1v) is 11.2. The topological polar surface area (TPSA) is 27.1 Å². The van der Waals surface area contributed by atoms with Crippen LogP contribution in [-0.2, 0) is 11.5 Å². The van der Waals surface area contributed by atoms with Gasteiger partial charge < -0.3 is 9.30 Å². The number of imidazole rings is 1. The van der Waals surface area contributed by atoms with E-state index in [-0.39, 0.29) is 0 Å². The highest BCUT2D eigenvalue weighted by atomic mass is 127. The van der Waals surface area contributed by atoms with Crippen LogP contribution in [0.2, 0.25) is 24.7 Å². The highest BCUT2D eigenvalue weighted by Gasteiger charge is 2.23. The smallest absolute Gasteiger partial charge is 0.124 e. The third kappa shape index (κ3) is 3.51. The second-order valence-electron chi connectivity index (χ2n) is 5.77. The van der Waals surface area contributed by atoms with Crippen molar-refractivity contribution < 1.29 is 4.74 Å². The Morgan fingerprint density at radius 2 is 2.11 bits per heavy atom. The molecule has 0 spiro atoms. The summed E-state index contributed by atoms with van der Waals surface area (Å²) in [5.74, 6) is 0. The van der Waals surface area contributed by atoms with Crippen LogP contribution >= 0.6 is 34.2 Å². The van der Waals surface area contributed by atoms with Crippen LogP contribution < -0.4 is 0 Å². The van der Waals surface area contributed by atoms with Gasteiger partial charge in [-0.2, -0.15) is 0 Å². The predicted octanol–water partition coefficient (Wildman–Crippen LogP) is 4.53. The minimum Gasteiger partial charge on any atom is -0.361 e. The van der Waals surface area contributed by atoms with Crippen molar-refractivity contribution in [2.45, 2.75) is 39.0 Å². The minimum atomic E-state index is -1.26. The maximum Gasteiger partial charge on any atom is 0.124 e. The predicted molar refractivity (Wildman–Crippen MR) is 91.4 cm³/mol. The fourth-order valence-corrected chi connectivity index (χ4v) is 2.78. The van der Waals surface area contributed by atoms with E-state index in [0.29, 0.717) is 12.5 Å². The number of hydrogen-bond acceptors (Lipinski definition) is 2. The molecular formula is C13H18ClIN2OSi. The van der Waals surface area contributed by atoms with E-state index in [2.05, 4.69) is 54.1 Å². The summed E-state index contributed by atoms with van der Waals surface area (Å²) < 4.78 is 9.00. The highest BCUT2D eigenvalue weighted by Crippen LogP contribution is 2.25. The van der Waals surface area contributed by atoms with E-state index < -0.39 is 8.07 Å². The van der Waals surface area contributed by atoms with Gasteiger partial charge in [-0.1, -0.05) is 31.2 Å². The van der Waals surface area contributed by atoms with Crippen molar-refractivity contribution in [2.24, 2.45) is 0 Å². The molecule has 19 heavy (non-hydrogen) atoms. The number of hydrogen-bond donors (Lipinski definition) is 0. The molecule has 0 N–H and O–H groups in total. The maximum absolute atomic E-state index is 6.17. The number of ether oxygens (including phenoxy) is 1. The van der Waals surface area contributed by atoms with Gasteiger partial charge in [0, 0.05) is 9.30 Å². The molecular weight excluding hydrogens is 391 g/mol. The number of fused-ring (bicyclic) bond motifs is 1. The van der Waals surface area contributed by atoms with Crippen LogP contribution in [0.5, 0.6) is 0 Å². The van der Waals surface area contributed by atoms with E-state index in [9.17, 15) is 0 Å². The van der Waals surface area contributed by atoms with E-state index >= 15 is 0 Å². The zero-order valence-electron chi connectivity index (χ0n) is 11.6. The summed E-state index contributed by atoms with van der Waals surface area (Å²) in [6, 6.07) is 3.95. The molecule has 1 atom stereocenters. The lowest BCUT2D eigenvalue weighted by molar-refractivity contribution is 0.0589. The standard InChI is InChI=1S/C13H18ClIN2OSi/c1-9(19(2,3)4)18-8-17-7-16-12-6-11(15)10(14)5-13(12)17/h5-7,9H,8H2,1-4H3. The van der Waals surface area contributed by atoms with Crippen molar-refractivity contribution in [2.75, 3.05) is 0 Å². The van der Waals surface area contributed by atoms with Gasteiger partial charge in [-0.05, 0) is 41.6 Å². The normalized spacial score (nSPS) is 14.0. The van der Waals surface area contributed by atoms with Crippen LogP contribution in [0, 0.1) is 3.57 Å². The van der Waals surface area contributed by atoms with E-state index in [1.807, 2.05) is 23.0 Å². The summed E-state index contributed by atoms with van der Waals surface area (Å²) in [5.41, 5.74) is 2.29. The SMILES string of the molecule is CC(OCn1cnc2cc(I)c(Cl)cc21)[Si](C)(C)C. The molecule has 0 aliphatic rings. The lowest BCUT2D eigenvalue weighted by Crippen LogP contribution is -2.38. The van der Waals surface area contributed by atoms with Crippen molar-refractivity contribution in [3.8, 4) is 0 Å². The van der Waals surface area contributed by atoms with Crippen LogP contribution in [-0.4, -0.2) is 23.4 Å². The summed E-state index contributed by atoms with van der Waals surface area (Å²) >= 11 is 8.39. The van der Waals surface area contributed by atoms with Crippen molar-refractivity contribution >= 4 is 53.3 Å². The summed E-state index contributed by atoms with van der Waals surface area (Å²) in [6.07, 6.45) is 1.81. The Hall–Kier alpha value is -0.113. The average molecular weight is 409 g/mol. The molecule has 2 aromatic rings. The largest absolute Gasteiger partial charge is 0.361 e. The monoisotopic (exact) mass is 408 g/mol. The van der Waals surface area contributed by atoms with Gasteiger partial charge in [0.2, 0.25) is 0 Å². The van der Waals surface area contributed by atoms with Gasteiger partial charge in [0.25, 0.3) is 0 Å². The van der Waals surface area contributed by atoms with E-state index in [4.69, 9.17) is 16.3 Å². The third-order valence-corrected chi connectivity index (χ3v) is 7.48. The summed E-state index contributed by atoms with van der Waals surface area (Å²) in [7, 11) is -1.26. The molecule has 1 unspecified atom stereocenters. The molecule has 3 nitrogen and oxygen atoms in total. The molecule has 6 heteroatoms. The molecule has 1 heterocycles. The Labute approximate surface area is 133 Å². The summed E-state index contributed by atoms with van der Waals surface area (Å²) in [4.78, 5) is 4.39. The fraction of sp³-hybridized carbons (Fsp3) is 0.462. The van der Waals surface area contributed by atoms with Gasteiger partial charge in [0.15, 0.2) is 0 Å². The Bertz CT molecular complexity index is 594. The molecule has 0 aliphatic heterocycles. The van der Waals surface area contributed by atoms with Gasteiger partial charge >= 0.3 is 0 Å². The number of rotatable bonds is 4. The van der Waals surface area contributed by atoms with Crippen molar-refractivity contribution in [3.63, 3.8) is 0 Å². The molecule has 0 aliphatic carbocycles. The van der Waals surface area contributed by atoms with Crippen LogP contribution in [0.1, 0.15) is 6.92 Å². The second kappa shape index (κ2) is 5.71. The first-order valence-electron chi connectivity index (χ1n) is 6.20. The molecule has 0 saturated heterocycles. The Morgan fingerprint density at radius 1 is 1.42 bits per heavy atom.